The summed E-state index contributed by atoms with van der Waals surface area (Å²) in [6.07, 6.45) is 6.88. The quantitative estimate of drug-likeness (QED) is 0.474. The number of nitrogens with zero attached hydrogens (tertiary/aromatic N) is 2. The van der Waals surface area contributed by atoms with E-state index in [-0.39, 0.29) is 12.5 Å². The van der Waals surface area contributed by atoms with E-state index >= 15 is 0 Å². The molecule has 1 aromatic carbocycles. The predicted molar refractivity (Wildman–Crippen MR) is 104 cm³/mol. The van der Waals surface area contributed by atoms with Crippen LogP contribution in [-0.4, -0.2) is 29.8 Å². The fourth-order valence-corrected chi connectivity index (χ4v) is 3.15. The SMILES string of the molecule is C=CCc1ccc(OCC(=O)Nc2nnc(CCCCC)s2)c(OC)c1. The second-order valence-electron chi connectivity index (χ2n) is 5.77. The predicted octanol–water partition coefficient (Wildman–Crippen LogP) is 4.03. The minimum atomic E-state index is -0.279. The number of anilines is 1. The number of hydrogen-bond donors (Lipinski definition) is 1. The maximum Gasteiger partial charge on any atom is 0.264 e. The minimum Gasteiger partial charge on any atom is -0.493 e. The summed E-state index contributed by atoms with van der Waals surface area (Å²) in [5.41, 5.74) is 1.07. The molecule has 0 fully saturated rings. The molecule has 0 radical (unpaired) electrons. The van der Waals surface area contributed by atoms with Gasteiger partial charge in [-0.25, -0.2) is 0 Å². The van der Waals surface area contributed by atoms with Crippen LogP contribution in [0.4, 0.5) is 5.13 Å². The minimum absolute atomic E-state index is 0.123. The van der Waals surface area contributed by atoms with E-state index in [4.69, 9.17) is 9.47 Å². The van der Waals surface area contributed by atoms with Gasteiger partial charge >= 0.3 is 0 Å². The number of hydrogen-bond acceptors (Lipinski definition) is 6. The Labute approximate surface area is 158 Å². The molecule has 0 saturated heterocycles. The lowest BCUT2D eigenvalue weighted by Gasteiger charge is -2.11. The molecule has 1 N–H and O–H groups in total. The highest BCUT2D eigenvalue weighted by Gasteiger charge is 2.11. The number of ether oxygens (including phenoxy) is 2. The van der Waals surface area contributed by atoms with Gasteiger partial charge in [0.2, 0.25) is 5.13 Å². The zero-order valence-corrected chi connectivity index (χ0v) is 16.1. The van der Waals surface area contributed by atoms with Gasteiger partial charge in [0, 0.05) is 6.42 Å². The number of aromatic nitrogens is 2. The maximum absolute atomic E-state index is 12.1. The number of nitrogens with one attached hydrogen (secondary N) is 1. The molecule has 0 aliphatic rings. The Hall–Kier alpha value is -2.41. The largest absolute Gasteiger partial charge is 0.493 e. The number of carbonyl (C=O) groups is 1. The van der Waals surface area contributed by atoms with Crippen LogP contribution < -0.4 is 14.8 Å². The van der Waals surface area contributed by atoms with E-state index in [9.17, 15) is 4.79 Å². The van der Waals surface area contributed by atoms with Crippen molar-refractivity contribution in [2.45, 2.75) is 39.0 Å². The van der Waals surface area contributed by atoms with E-state index in [1.807, 2.05) is 18.2 Å². The maximum atomic E-state index is 12.1. The Morgan fingerprint density at radius 3 is 2.88 bits per heavy atom. The zero-order valence-electron chi connectivity index (χ0n) is 15.3. The van der Waals surface area contributed by atoms with Gasteiger partial charge in [-0.2, -0.15) is 0 Å². The lowest BCUT2D eigenvalue weighted by molar-refractivity contribution is -0.118. The number of benzene rings is 1. The first-order valence-corrected chi connectivity index (χ1v) is 9.50. The summed E-state index contributed by atoms with van der Waals surface area (Å²) in [6, 6.07) is 5.59. The summed E-state index contributed by atoms with van der Waals surface area (Å²) >= 11 is 1.40. The van der Waals surface area contributed by atoms with Gasteiger partial charge in [0.05, 0.1) is 7.11 Å². The fraction of sp³-hybridized carbons (Fsp3) is 0.421. The van der Waals surface area contributed by atoms with Crippen molar-refractivity contribution >= 4 is 22.4 Å². The Morgan fingerprint density at radius 1 is 1.31 bits per heavy atom. The van der Waals surface area contributed by atoms with Crippen LogP contribution in [0, 0.1) is 0 Å². The molecule has 1 heterocycles. The molecule has 7 heteroatoms. The number of rotatable bonds is 11. The molecular weight excluding hydrogens is 350 g/mol. The molecule has 0 bridgehead atoms. The summed E-state index contributed by atoms with van der Waals surface area (Å²) < 4.78 is 10.9. The van der Waals surface area contributed by atoms with Gasteiger partial charge in [0.25, 0.3) is 5.91 Å². The third-order valence-corrected chi connectivity index (χ3v) is 4.57. The van der Waals surface area contributed by atoms with Crippen molar-refractivity contribution in [3.05, 3.63) is 41.4 Å². The van der Waals surface area contributed by atoms with Gasteiger partial charge in [-0.3, -0.25) is 10.1 Å². The molecule has 0 spiro atoms. The highest BCUT2D eigenvalue weighted by Crippen LogP contribution is 2.28. The number of methoxy groups -OCH3 is 1. The molecule has 0 atom stereocenters. The molecule has 6 nitrogen and oxygen atoms in total. The summed E-state index contributed by atoms with van der Waals surface area (Å²) in [4.78, 5) is 12.1. The van der Waals surface area contributed by atoms with Crippen molar-refractivity contribution in [2.75, 3.05) is 19.0 Å². The third-order valence-electron chi connectivity index (χ3n) is 3.67. The topological polar surface area (TPSA) is 73.3 Å². The molecule has 0 aliphatic heterocycles. The Balaban J connectivity index is 1.86. The fourth-order valence-electron chi connectivity index (χ4n) is 2.35. The van der Waals surface area contributed by atoms with E-state index < -0.39 is 0 Å². The van der Waals surface area contributed by atoms with Crippen molar-refractivity contribution in [1.82, 2.24) is 10.2 Å². The Bertz CT molecular complexity index is 731. The van der Waals surface area contributed by atoms with Gasteiger partial charge in [0.15, 0.2) is 18.1 Å². The molecule has 2 aromatic rings. The van der Waals surface area contributed by atoms with Crippen molar-refractivity contribution in [2.24, 2.45) is 0 Å². The van der Waals surface area contributed by atoms with Gasteiger partial charge in [-0.1, -0.05) is 43.2 Å². The first kappa shape index (κ1) is 19.9. The number of carbonyl (C=O) groups excluding carboxylic acids is 1. The van der Waals surface area contributed by atoms with Crippen LogP contribution in [0.5, 0.6) is 11.5 Å². The first-order chi connectivity index (χ1) is 12.7. The van der Waals surface area contributed by atoms with Gasteiger partial charge in [-0.05, 0) is 30.5 Å². The van der Waals surface area contributed by atoms with Crippen LogP contribution in [0.3, 0.4) is 0 Å². The molecule has 0 unspecified atom stereocenters. The molecule has 1 amide bonds. The van der Waals surface area contributed by atoms with E-state index in [0.29, 0.717) is 16.6 Å². The Kier molecular flexibility index (Phi) is 8.08. The van der Waals surface area contributed by atoms with Crippen molar-refractivity contribution in [3.8, 4) is 11.5 Å². The monoisotopic (exact) mass is 375 g/mol. The smallest absolute Gasteiger partial charge is 0.264 e. The summed E-state index contributed by atoms with van der Waals surface area (Å²) in [6.45, 7) is 5.76. The average molecular weight is 375 g/mol. The number of aryl methyl sites for hydroxylation is 1. The standard InChI is InChI=1S/C19H25N3O3S/c1-4-6-7-9-18-21-22-19(26-18)20-17(23)13-25-15-11-10-14(8-5-2)12-16(15)24-3/h5,10-12H,2,4,6-9,13H2,1,3H3,(H,20,22,23). The molecular formula is C19H25N3O3S. The van der Waals surface area contributed by atoms with Crippen molar-refractivity contribution in [1.29, 1.82) is 0 Å². The third kappa shape index (κ3) is 6.15. The number of amides is 1. The highest BCUT2D eigenvalue weighted by atomic mass is 32.1. The van der Waals surface area contributed by atoms with Crippen LogP contribution >= 0.6 is 11.3 Å². The van der Waals surface area contributed by atoms with Gasteiger partial charge in [-0.15, -0.1) is 16.8 Å². The Morgan fingerprint density at radius 2 is 2.15 bits per heavy atom. The van der Waals surface area contributed by atoms with E-state index in [1.165, 1.54) is 17.8 Å². The first-order valence-electron chi connectivity index (χ1n) is 8.69. The van der Waals surface area contributed by atoms with Gasteiger partial charge in [0.1, 0.15) is 5.01 Å². The lowest BCUT2D eigenvalue weighted by atomic mass is 10.1. The molecule has 140 valence electrons. The van der Waals surface area contributed by atoms with Crippen LogP contribution in [0.1, 0.15) is 36.8 Å². The van der Waals surface area contributed by atoms with Crippen LogP contribution in [0.2, 0.25) is 0 Å². The van der Waals surface area contributed by atoms with Gasteiger partial charge < -0.3 is 9.47 Å². The zero-order chi connectivity index (χ0) is 18.8. The van der Waals surface area contributed by atoms with E-state index in [2.05, 4.69) is 29.0 Å². The summed E-state index contributed by atoms with van der Waals surface area (Å²) in [5, 5.41) is 12.3. The molecule has 0 aliphatic carbocycles. The van der Waals surface area contributed by atoms with Crippen molar-refractivity contribution in [3.63, 3.8) is 0 Å². The lowest BCUT2D eigenvalue weighted by Crippen LogP contribution is -2.20. The highest BCUT2D eigenvalue weighted by molar-refractivity contribution is 7.15. The average Bonchev–Trinajstić information content (AvgIpc) is 3.08. The number of unbranched alkanes of at least 4 members (excludes halogenated alkanes) is 2. The summed E-state index contributed by atoms with van der Waals surface area (Å²) in [5.74, 6) is 0.831. The van der Waals surface area contributed by atoms with Crippen LogP contribution in [0.15, 0.2) is 30.9 Å². The molecule has 2 rings (SSSR count). The summed E-state index contributed by atoms with van der Waals surface area (Å²) in [7, 11) is 1.57. The van der Waals surface area contributed by atoms with Crippen molar-refractivity contribution < 1.29 is 14.3 Å². The van der Waals surface area contributed by atoms with E-state index in [1.54, 1.807) is 13.2 Å². The normalized spacial score (nSPS) is 10.4. The molecule has 26 heavy (non-hydrogen) atoms. The van der Waals surface area contributed by atoms with E-state index in [0.717, 1.165) is 36.3 Å². The molecule has 0 saturated carbocycles. The second-order valence-corrected chi connectivity index (χ2v) is 6.83. The second kappa shape index (κ2) is 10.6. The number of allylic oxidation sites excluding steroid dienone is 1. The van der Waals surface area contributed by atoms with Crippen LogP contribution in [0.25, 0.3) is 0 Å². The van der Waals surface area contributed by atoms with Crippen LogP contribution in [-0.2, 0) is 17.6 Å². The molecule has 1 aromatic heterocycles.